The standard InChI is InChI=1S/C20H20F3N3O5/c1-30-25-18-12-7-9-26(13(12)6-8-24-18)19-16(29)15(28)17(31-19)14(27)10-2-4-11(5-3-10)20(21,22)23/h2-5,7-9,14-17,19,27-29H,6H2,1H3/b25-18-/t14-,15+,16-,17-,19-/m1/s1. The number of rotatable bonds is 4. The monoisotopic (exact) mass is 439 g/mol. The molecule has 3 heterocycles. The summed E-state index contributed by atoms with van der Waals surface area (Å²) in [5.41, 5.74) is 0.651. The zero-order chi connectivity index (χ0) is 22.3. The maximum atomic E-state index is 12.8. The van der Waals surface area contributed by atoms with Crippen molar-refractivity contribution in [3.8, 4) is 0 Å². The van der Waals surface area contributed by atoms with E-state index in [9.17, 15) is 28.5 Å². The normalized spacial score (nSPS) is 28.0. The largest absolute Gasteiger partial charge is 0.416 e. The molecule has 0 saturated carbocycles. The van der Waals surface area contributed by atoms with Gasteiger partial charge in [0, 0.05) is 30.1 Å². The van der Waals surface area contributed by atoms with Crippen molar-refractivity contribution in [1.82, 2.24) is 4.57 Å². The Hall–Kier alpha value is -2.73. The molecule has 11 heteroatoms. The number of benzene rings is 1. The number of nitrogens with zero attached hydrogens (tertiary/aromatic N) is 3. The predicted molar refractivity (Wildman–Crippen MR) is 103 cm³/mol. The molecule has 2 aliphatic heterocycles. The highest BCUT2D eigenvalue weighted by Crippen LogP contribution is 2.38. The minimum absolute atomic E-state index is 0.126. The molecule has 0 amide bonds. The summed E-state index contributed by atoms with van der Waals surface area (Å²) < 4.78 is 45.7. The van der Waals surface area contributed by atoms with E-state index < -0.39 is 42.4 Å². The van der Waals surface area contributed by atoms with Crippen LogP contribution in [0, 0.1) is 0 Å². The smallest absolute Gasteiger partial charge is 0.397 e. The van der Waals surface area contributed by atoms with E-state index >= 15 is 0 Å². The molecule has 1 fully saturated rings. The van der Waals surface area contributed by atoms with Gasteiger partial charge in [-0.15, -0.1) is 0 Å². The molecule has 0 spiro atoms. The predicted octanol–water partition coefficient (Wildman–Crippen LogP) is 1.79. The zero-order valence-corrected chi connectivity index (χ0v) is 16.3. The number of aliphatic hydroxyl groups is 3. The van der Waals surface area contributed by atoms with Crippen LogP contribution in [0.4, 0.5) is 13.2 Å². The van der Waals surface area contributed by atoms with Crippen LogP contribution in [-0.2, 0) is 22.2 Å². The topological polar surface area (TPSA) is 109 Å². The third-order valence-electron chi connectivity index (χ3n) is 5.38. The molecule has 0 radical (unpaired) electrons. The zero-order valence-electron chi connectivity index (χ0n) is 16.3. The number of alkyl halides is 3. The van der Waals surface area contributed by atoms with E-state index in [2.05, 4.69) is 10.1 Å². The van der Waals surface area contributed by atoms with Crippen LogP contribution >= 0.6 is 0 Å². The molecule has 1 aromatic carbocycles. The lowest BCUT2D eigenvalue weighted by Gasteiger charge is -2.22. The first-order chi connectivity index (χ1) is 14.7. The van der Waals surface area contributed by atoms with Crippen LogP contribution in [0.1, 0.15) is 34.7 Å². The molecule has 0 bridgehead atoms. The number of aromatic nitrogens is 1. The van der Waals surface area contributed by atoms with Crippen molar-refractivity contribution in [3.05, 3.63) is 58.9 Å². The number of aliphatic imine (C=N–C) groups is 1. The van der Waals surface area contributed by atoms with Crippen molar-refractivity contribution in [2.24, 2.45) is 10.1 Å². The number of amidine groups is 1. The average Bonchev–Trinajstić information content (AvgIpc) is 3.29. The van der Waals surface area contributed by atoms with Crippen LogP contribution in [-0.4, -0.2) is 57.4 Å². The molecule has 31 heavy (non-hydrogen) atoms. The number of ether oxygens (including phenoxy) is 1. The Morgan fingerprint density at radius 2 is 1.90 bits per heavy atom. The van der Waals surface area contributed by atoms with Gasteiger partial charge in [0.2, 0.25) is 0 Å². The summed E-state index contributed by atoms with van der Waals surface area (Å²) >= 11 is 0. The third-order valence-corrected chi connectivity index (χ3v) is 5.38. The Morgan fingerprint density at radius 1 is 1.19 bits per heavy atom. The van der Waals surface area contributed by atoms with Gasteiger partial charge < -0.3 is 29.5 Å². The average molecular weight is 439 g/mol. The van der Waals surface area contributed by atoms with Crippen LogP contribution in [0.2, 0.25) is 0 Å². The van der Waals surface area contributed by atoms with Crippen molar-refractivity contribution in [2.75, 3.05) is 7.11 Å². The Morgan fingerprint density at radius 3 is 2.55 bits per heavy atom. The summed E-state index contributed by atoms with van der Waals surface area (Å²) in [6, 6.07) is 5.62. The van der Waals surface area contributed by atoms with Gasteiger partial charge in [-0.3, -0.25) is 0 Å². The molecule has 2 aliphatic rings. The first kappa shape index (κ1) is 21.5. The van der Waals surface area contributed by atoms with E-state index in [0.29, 0.717) is 23.5 Å². The summed E-state index contributed by atoms with van der Waals surface area (Å²) in [5.74, 6) is 0.344. The Labute approximate surface area is 174 Å². The summed E-state index contributed by atoms with van der Waals surface area (Å²) in [6.45, 7) is 0. The van der Waals surface area contributed by atoms with Crippen LogP contribution in [0.3, 0.4) is 0 Å². The van der Waals surface area contributed by atoms with Gasteiger partial charge in [-0.2, -0.15) is 13.2 Å². The summed E-state index contributed by atoms with van der Waals surface area (Å²) in [7, 11) is 1.39. The van der Waals surface area contributed by atoms with Gasteiger partial charge in [0.15, 0.2) is 12.1 Å². The molecule has 2 aromatic rings. The van der Waals surface area contributed by atoms with Gasteiger partial charge in [0.25, 0.3) is 0 Å². The first-order valence-electron chi connectivity index (χ1n) is 9.43. The van der Waals surface area contributed by atoms with Gasteiger partial charge in [-0.05, 0) is 23.8 Å². The lowest BCUT2D eigenvalue weighted by Crippen LogP contribution is -2.35. The van der Waals surface area contributed by atoms with Crippen molar-refractivity contribution in [1.29, 1.82) is 0 Å². The maximum absolute atomic E-state index is 12.8. The lowest BCUT2D eigenvalue weighted by molar-refractivity contribution is -0.137. The van der Waals surface area contributed by atoms with Crippen molar-refractivity contribution in [2.45, 2.75) is 43.2 Å². The van der Waals surface area contributed by atoms with Crippen molar-refractivity contribution in [3.63, 3.8) is 0 Å². The fraction of sp³-hybridized carbons (Fsp3) is 0.400. The Kier molecular flexibility index (Phi) is 5.60. The molecular weight excluding hydrogens is 419 g/mol. The fourth-order valence-corrected chi connectivity index (χ4v) is 3.82. The number of oxime groups is 1. The van der Waals surface area contributed by atoms with Crippen LogP contribution in [0.15, 0.2) is 46.7 Å². The highest BCUT2D eigenvalue weighted by atomic mass is 19.4. The number of fused-ring (bicyclic) bond motifs is 1. The molecule has 4 rings (SSSR count). The minimum atomic E-state index is -4.50. The molecular formula is C20H20F3N3O5. The summed E-state index contributed by atoms with van der Waals surface area (Å²) in [5, 5.41) is 35.5. The van der Waals surface area contributed by atoms with Gasteiger partial charge in [0.1, 0.15) is 31.5 Å². The summed E-state index contributed by atoms with van der Waals surface area (Å²) in [4.78, 5) is 8.93. The van der Waals surface area contributed by atoms with E-state index in [-0.39, 0.29) is 5.56 Å². The molecule has 3 N–H and O–H groups in total. The third kappa shape index (κ3) is 3.85. The van der Waals surface area contributed by atoms with E-state index in [1.807, 2.05) is 0 Å². The van der Waals surface area contributed by atoms with Crippen LogP contribution in [0.5, 0.6) is 0 Å². The van der Waals surface area contributed by atoms with Gasteiger partial charge in [-0.25, -0.2) is 4.99 Å². The van der Waals surface area contributed by atoms with E-state index in [1.165, 1.54) is 7.11 Å². The lowest BCUT2D eigenvalue weighted by atomic mass is 9.98. The maximum Gasteiger partial charge on any atom is 0.416 e. The molecule has 166 valence electrons. The van der Waals surface area contributed by atoms with E-state index in [1.54, 1.807) is 23.0 Å². The molecule has 8 nitrogen and oxygen atoms in total. The molecule has 1 aromatic heterocycles. The molecule has 0 aliphatic carbocycles. The van der Waals surface area contributed by atoms with Gasteiger partial charge >= 0.3 is 6.18 Å². The van der Waals surface area contributed by atoms with E-state index in [0.717, 1.165) is 24.3 Å². The van der Waals surface area contributed by atoms with Gasteiger partial charge in [0.05, 0.1) is 5.56 Å². The molecule has 0 unspecified atom stereocenters. The number of aliphatic hydroxyl groups excluding tert-OH is 3. The molecule has 1 saturated heterocycles. The quantitative estimate of drug-likeness (QED) is 0.630. The molecule has 5 atom stereocenters. The number of hydrogen-bond donors (Lipinski definition) is 3. The van der Waals surface area contributed by atoms with E-state index in [4.69, 9.17) is 9.57 Å². The van der Waals surface area contributed by atoms with Crippen molar-refractivity contribution >= 4 is 12.1 Å². The highest BCUT2D eigenvalue weighted by Gasteiger charge is 2.48. The fourth-order valence-electron chi connectivity index (χ4n) is 3.82. The SMILES string of the molecule is CO/N=C1\N=CCc2c1ccn2[C@@H]1O[C@H]([C@H](O)c2ccc(C(F)(F)F)cc2)[C@@H](O)[C@H]1O. The first-order valence-corrected chi connectivity index (χ1v) is 9.43. The summed E-state index contributed by atoms with van der Waals surface area (Å²) in [6.07, 6.45) is -7.41. The highest BCUT2D eigenvalue weighted by molar-refractivity contribution is 6.06. The van der Waals surface area contributed by atoms with Crippen LogP contribution in [0.25, 0.3) is 0 Å². The second kappa shape index (κ2) is 8.08. The Balaban J connectivity index is 1.57. The minimum Gasteiger partial charge on any atom is -0.397 e. The van der Waals surface area contributed by atoms with Crippen molar-refractivity contribution < 1.29 is 38.1 Å². The van der Waals surface area contributed by atoms with Crippen LogP contribution < -0.4 is 0 Å². The second-order valence-electron chi connectivity index (χ2n) is 7.23. The Bertz CT molecular complexity index is 1000. The number of halogens is 3. The van der Waals surface area contributed by atoms with Gasteiger partial charge in [-0.1, -0.05) is 17.3 Å². The number of hydrogen-bond acceptors (Lipinski definition) is 6. The second-order valence-corrected chi connectivity index (χ2v) is 7.23.